The van der Waals surface area contributed by atoms with E-state index in [1.807, 2.05) is 84.9 Å². The second-order valence-electron chi connectivity index (χ2n) is 5.81. The minimum atomic E-state index is -0.160. The third-order valence-corrected chi connectivity index (χ3v) is 4.07. The van der Waals surface area contributed by atoms with Crippen LogP contribution in [0.1, 0.15) is 5.56 Å². The van der Waals surface area contributed by atoms with Gasteiger partial charge in [-0.05, 0) is 24.3 Å². The number of aliphatic hydroxyl groups excluding tert-OH is 1. The molecule has 4 rings (SSSR count). The highest BCUT2D eigenvalue weighted by atomic mass is 16.5. The van der Waals surface area contributed by atoms with Crippen LogP contribution < -0.4 is 4.74 Å². The summed E-state index contributed by atoms with van der Waals surface area (Å²) >= 11 is 0. The molecule has 0 aliphatic carbocycles. The SMILES string of the molecule is OCc1c(-c2cccc(Oc3ccccc3)c2)noc1-c1ccccc1. The van der Waals surface area contributed by atoms with Gasteiger partial charge in [0.25, 0.3) is 0 Å². The number of ether oxygens (including phenoxy) is 1. The Kier molecular flexibility index (Phi) is 4.50. The highest BCUT2D eigenvalue weighted by Gasteiger charge is 2.18. The summed E-state index contributed by atoms with van der Waals surface area (Å²) in [5.74, 6) is 2.04. The molecule has 3 aromatic carbocycles. The van der Waals surface area contributed by atoms with Crippen molar-refractivity contribution >= 4 is 0 Å². The first-order chi connectivity index (χ1) is 12.8. The van der Waals surface area contributed by atoms with Crippen LogP contribution in [0.2, 0.25) is 0 Å². The van der Waals surface area contributed by atoms with E-state index in [-0.39, 0.29) is 6.61 Å². The van der Waals surface area contributed by atoms with E-state index in [0.717, 1.165) is 16.9 Å². The highest BCUT2D eigenvalue weighted by Crippen LogP contribution is 2.34. The van der Waals surface area contributed by atoms with Gasteiger partial charge in [0.2, 0.25) is 0 Å². The molecule has 26 heavy (non-hydrogen) atoms. The summed E-state index contributed by atoms with van der Waals surface area (Å²) in [5, 5.41) is 14.1. The van der Waals surface area contributed by atoms with Crippen molar-refractivity contribution in [3.8, 4) is 34.1 Å². The van der Waals surface area contributed by atoms with E-state index in [9.17, 15) is 5.11 Å². The summed E-state index contributed by atoms with van der Waals surface area (Å²) in [6.45, 7) is -0.160. The lowest BCUT2D eigenvalue weighted by Crippen LogP contribution is -1.90. The van der Waals surface area contributed by atoms with Crippen molar-refractivity contribution in [1.82, 2.24) is 5.16 Å². The molecule has 0 bridgehead atoms. The lowest BCUT2D eigenvalue weighted by molar-refractivity contribution is 0.281. The minimum Gasteiger partial charge on any atom is -0.457 e. The zero-order chi connectivity index (χ0) is 17.8. The molecule has 0 aliphatic rings. The Morgan fingerprint density at radius 2 is 1.42 bits per heavy atom. The number of aliphatic hydroxyl groups is 1. The van der Waals surface area contributed by atoms with Crippen LogP contribution >= 0.6 is 0 Å². The number of aromatic nitrogens is 1. The molecule has 0 aliphatic heterocycles. The molecule has 0 unspecified atom stereocenters. The lowest BCUT2D eigenvalue weighted by Gasteiger charge is -2.07. The number of benzene rings is 3. The molecular formula is C22H17NO3. The number of hydrogen-bond acceptors (Lipinski definition) is 4. The summed E-state index contributed by atoms with van der Waals surface area (Å²) in [6.07, 6.45) is 0. The van der Waals surface area contributed by atoms with Gasteiger partial charge >= 0.3 is 0 Å². The molecule has 0 amide bonds. The first kappa shape index (κ1) is 16.1. The van der Waals surface area contributed by atoms with Crippen molar-refractivity contribution < 1.29 is 14.4 Å². The van der Waals surface area contributed by atoms with Crippen LogP contribution in [0.15, 0.2) is 89.5 Å². The van der Waals surface area contributed by atoms with Crippen molar-refractivity contribution in [3.05, 3.63) is 90.5 Å². The molecule has 4 heteroatoms. The fourth-order valence-electron chi connectivity index (χ4n) is 2.83. The molecule has 4 aromatic rings. The number of hydrogen-bond donors (Lipinski definition) is 1. The first-order valence-electron chi connectivity index (χ1n) is 8.33. The Labute approximate surface area is 151 Å². The predicted molar refractivity (Wildman–Crippen MR) is 99.8 cm³/mol. The van der Waals surface area contributed by atoms with Crippen molar-refractivity contribution in [2.24, 2.45) is 0 Å². The van der Waals surface area contributed by atoms with E-state index < -0.39 is 0 Å². The van der Waals surface area contributed by atoms with Gasteiger partial charge in [-0.1, -0.05) is 65.8 Å². The summed E-state index contributed by atoms with van der Waals surface area (Å²) < 4.78 is 11.4. The largest absolute Gasteiger partial charge is 0.457 e. The topological polar surface area (TPSA) is 55.5 Å². The molecule has 128 valence electrons. The summed E-state index contributed by atoms with van der Waals surface area (Å²) in [5.41, 5.74) is 2.98. The zero-order valence-electron chi connectivity index (χ0n) is 14.0. The summed E-state index contributed by atoms with van der Waals surface area (Å²) in [4.78, 5) is 0. The summed E-state index contributed by atoms with van der Waals surface area (Å²) in [7, 11) is 0. The Morgan fingerprint density at radius 1 is 0.769 bits per heavy atom. The molecule has 0 saturated heterocycles. The van der Waals surface area contributed by atoms with Gasteiger partial charge in [0.05, 0.1) is 12.2 Å². The molecule has 1 heterocycles. The van der Waals surface area contributed by atoms with Crippen molar-refractivity contribution in [3.63, 3.8) is 0 Å². The van der Waals surface area contributed by atoms with Crippen molar-refractivity contribution in [1.29, 1.82) is 0 Å². The molecule has 0 spiro atoms. The van der Waals surface area contributed by atoms with Gasteiger partial charge in [-0.15, -0.1) is 0 Å². The molecule has 4 nitrogen and oxygen atoms in total. The van der Waals surface area contributed by atoms with Crippen LogP contribution in [0.4, 0.5) is 0 Å². The van der Waals surface area contributed by atoms with Crippen LogP contribution in [-0.4, -0.2) is 10.3 Å². The lowest BCUT2D eigenvalue weighted by atomic mass is 10.0. The van der Waals surface area contributed by atoms with Gasteiger partial charge in [-0.3, -0.25) is 0 Å². The predicted octanol–water partition coefficient (Wildman–Crippen LogP) is 5.29. The van der Waals surface area contributed by atoms with E-state index in [2.05, 4.69) is 5.16 Å². The second-order valence-corrected chi connectivity index (χ2v) is 5.81. The van der Waals surface area contributed by atoms with E-state index in [1.54, 1.807) is 0 Å². The van der Waals surface area contributed by atoms with Gasteiger partial charge in [0.15, 0.2) is 5.76 Å². The molecule has 0 fully saturated rings. The van der Waals surface area contributed by atoms with E-state index in [0.29, 0.717) is 22.8 Å². The normalized spacial score (nSPS) is 10.7. The maximum atomic E-state index is 9.88. The minimum absolute atomic E-state index is 0.160. The molecule has 1 aromatic heterocycles. The van der Waals surface area contributed by atoms with Crippen molar-refractivity contribution in [2.45, 2.75) is 6.61 Å². The first-order valence-corrected chi connectivity index (χ1v) is 8.33. The van der Waals surface area contributed by atoms with Crippen LogP contribution in [0.3, 0.4) is 0 Å². The van der Waals surface area contributed by atoms with Crippen LogP contribution in [0.5, 0.6) is 11.5 Å². The van der Waals surface area contributed by atoms with Gasteiger partial charge in [-0.2, -0.15) is 0 Å². The number of nitrogens with zero attached hydrogens (tertiary/aromatic N) is 1. The number of rotatable bonds is 5. The molecule has 0 radical (unpaired) electrons. The van der Waals surface area contributed by atoms with Crippen LogP contribution in [0, 0.1) is 0 Å². The third-order valence-electron chi connectivity index (χ3n) is 4.07. The Morgan fingerprint density at radius 3 is 2.15 bits per heavy atom. The Hall–Kier alpha value is -3.37. The zero-order valence-corrected chi connectivity index (χ0v) is 14.0. The fraction of sp³-hybridized carbons (Fsp3) is 0.0455. The quantitative estimate of drug-likeness (QED) is 0.535. The van der Waals surface area contributed by atoms with Gasteiger partial charge in [-0.25, -0.2) is 0 Å². The number of para-hydroxylation sites is 1. The average Bonchev–Trinajstić information content (AvgIpc) is 3.14. The van der Waals surface area contributed by atoms with Crippen LogP contribution in [-0.2, 0) is 6.61 Å². The van der Waals surface area contributed by atoms with E-state index >= 15 is 0 Å². The maximum Gasteiger partial charge on any atom is 0.173 e. The second kappa shape index (κ2) is 7.25. The molecule has 0 atom stereocenters. The van der Waals surface area contributed by atoms with E-state index in [4.69, 9.17) is 9.26 Å². The Bertz CT molecular complexity index is 994. The third kappa shape index (κ3) is 3.23. The summed E-state index contributed by atoms with van der Waals surface area (Å²) in [6, 6.07) is 26.8. The average molecular weight is 343 g/mol. The van der Waals surface area contributed by atoms with Crippen molar-refractivity contribution in [2.75, 3.05) is 0 Å². The van der Waals surface area contributed by atoms with Gasteiger partial charge in [0.1, 0.15) is 17.2 Å². The van der Waals surface area contributed by atoms with E-state index in [1.165, 1.54) is 0 Å². The van der Waals surface area contributed by atoms with Gasteiger partial charge in [0, 0.05) is 11.1 Å². The van der Waals surface area contributed by atoms with Crippen LogP contribution in [0.25, 0.3) is 22.6 Å². The smallest absolute Gasteiger partial charge is 0.173 e. The molecule has 0 saturated carbocycles. The maximum absolute atomic E-state index is 9.88. The Balaban J connectivity index is 1.70. The fourth-order valence-corrected chi connectivity index (χ4v) is 2.83. The highest BCUT2D eigenvalue weighted by molar-refractivity contribution is 5.73. The molecular weight excluding hydrogens is 326 g/mol. The van der Waals surface area contributed by atoms with Gasteiger partial charge < -0.3 is 14.4 Å². The standard InChI is InChI=1S/C22H17NO3/c24-15-20-21(23-26-22(20)16-8-3-1-4-9-16)17-10-7-13-19(14-17)25-18-11-5-2-6-12-18/h1-14,24H,15H2. The molecule has 1 N–H and O–H groups in total. The monoisotopic (exact) mass is 343 g/mol.